The second-order valence-corrected chi connectivity index (χ2v) is 4.94. The summed E-state index contributed by atoms with van der Waals surface area (Å²) in [4.78, 5) is 12.0. The SMILES string of the molecule is CCOc1cc(C=CC(=O)c2cccc(C(F)(F)F)c2)ccc1O. The number of halogens is 3. The molecule has 6 heteroatoms. The first-order valence-electron chi connectivity index (χ1n) is 7.16. The summed E-state index contributed by atoms with van der Waals surface area (Å²) >= 11 is 0. The quantitative estimate of drug-likeness (QED) is 0.635. The lowest BCUT2D eigenvalue weighted by atomic mass is 10.1. The maximum atomic E-state index is 12.7. The van der Waals surface area contributed by atoms with Crippen LogP contribution in [0.3, 0.4) is 0 Å². The maximum absolute atomic E-state index is 12.7. The van der Waals surface area contributed by atoms with Gasteiger partial charge >= 0.3 is 6.18 Å². The van der Waals surface area contributed by atoms with Crippen molar-refractivity contribution in [2.24, 2.45) is 0 Å². The molecule has 0 spiro atoms. The fourth-order valence-corrected chi connectivity index (χ4v) is 2.02. The Balaban J connectivity index is 2.20. The molecule has 0 aromatic heterocycles. The van der Waals surface area contributed by atoms with Crippen LogP contribution in [0.4, 0.5) is 13.2 Å². The standard InChI is InChI=1S/C18H15F3O3/c1-2-24-17-10-12(7-9-16(17)23)6-8-15(22)13-4-3-5-14(11-13)18(19,20)21/h3-11,23H,2H2,1H3. The second-order valence-electron chi connectivity index (χ2n) is 4.94. The average Bonchev–Trinajstić information content (AvgIpc) is 2.55. The Labute approximate surface area is 137 Å². The van der Waals surface area contributed by atoms with Gasteiger partial charge in [0, 0.05) is 5.56 Å². The van der Waals surface area contributed by atoms with Crippen LogP contribution in [0.1, 0.15) is 28.4 Å². The van der Waals surface area contributed by atoms with E-state index in [9.17, 15) is 23.1 Å². The molecule has 0 amide bonds. The molecule has 0 aliphatic rings. The molecule has 3 nitrogen and oxygen atoms in total. The van der Waals surface area contributed by atoms with E-state index in [2.05, 4.69) is 0 Å². The fraction of sp³-hybridized carbons (Fsp3) is 0.167. The van der Waals surface area contributed by atoms with Crippen molar-refractivity contribution in [3.05, 3.63) is 65.2 Å². The topological polar surface area (TPSA) is 46.5 Å². The Kier molecular flexibility index (Phi) is 5.28. The largest absolute Gasteiger partial charge is 0.504 e. The van der Waals surface area contributed by atoms with Gasteiger partial charge in [-0.2, -0.15) is 13.2 Å². The van der Waals surface area contributed by atoms with E-state index in [0.717, 1.165) is 12.1 Å². The summed E-state index contributed by atoms with van der Waals surface area (Å²) in [6, 6.07) is 8.76. The van der Waals surface area contributed by atoms with Gasteiger partial charge < -0.3 is 9.84 Å². The number of ketones is 1. The molecule has 2 aromatic carbocycles. The molecule has 0 heterocycles. The molecule has 0 aliphatic carbocycles. The van der Waals surface area contributed by atoms with E-state index < -0.39 is 17.5 Å². The number of alkyl halides is 3. The maximum Gasteiger partial charge on any atom is 0.416 e. The molecular formula is C18H15F3O3. The molecule has 2 rings (SSSR count). The summed E-state index contributed by atoms with van der Waals surface area (Å²) in [6.45, 7) is 2.13. The van der Waals surface area contributed by atoms with Crippen LogP contribution in [0.25, 0.3) is 6.08 Å². The van der Waals surface area contributed by atoms with Crippen LogP contribution in [0.5, 0.6) is 11.5 Å². The zero-order valence-corrected chi connectivity index (χ0v) is 12.8. The van der Waals surface area contributed by atoms with E-state index in [1.807, 2.05) is 0 Å². The third kappa shape index (κ3) is 4.38. The van der Waals surface area contributed by atoms with Crippen LogP contribution < -0.4 is 4.74 Å². The van der Waals surface area contributed by atoms with Crippen molar-refractivity contribution in [1.29, 1.82) is 0 Å². The molecule has 2 aromatic rings. The van der Waals surface area contributed by atoms with Crippen molar-refractivity contribution < 1.29 is 27.8 Å². The molecule has 126 valence electrons. The van der Waals surface area contributed by atoms with E-state index in [1.54, 1.807) is 13.0 Å². The summed E-state index contributed by atoms with van der Waals surface area (Å²) in [5.74, 6) is -0.309. The van der Waals surface area contributed by atoms with E-state index >= 15 is 0 Å². The minimum Gasteiger partial charge on any atom is -0.504 e. The first-order chi connectivity index (χ1) is 11.3. The van der Waals surface area contributed by atoms with Crippen molar-refractivity contribution >= 4 is 11.9 Å². The fourth-order valence-electron chi connectivity index (χ4n) is 2.02. The molecule has 0 saturated carbocycles. The molecule has 0 unspecified atom stereocenters. The highest BCUT2D eigenvalue weighted by atomic mass is 19.4. The van der Waals surface area contributed by atoms with Gasteiger partial charge in [-0.15, -0.1) is 0 Å². The number of hydrogen-bond acceptors (Lipinski definition) is 3. The zero-order valence-electron chi connectivity index (χ0n) is 12.8. The number of phenols is 1. The van der Waals surface area contributed by atoms with Gasteiger partial charge in [0.15, 0.2) is 17.3 Å². The molecular weight excluding hydrogens is 321 g/mol. The van der Waals surface area contributed by atoms with Gasteiger partial charge in [-0.3, -0.25) is 4.79 Å². The summed E-state index contributed by atoms with van der Waals surface area (Å²) in [7, 11) is 0. The van der Waals surface area contributed by atoms with Crippen molar-refractivity contribution in [3.8, 4) is 11.5 Å². The van der Waals surface area contributed by atoms with Crippen LogP contribution in [-0.4, -0.2) is 17.5 Å². The first kappa shape index (κ1) is 17.6. The van der Waals surface area contributed by atoms with Gasteiger partial charge in [0.05, 0.1) is 12.2 Å². The third-order valence-corrected chi connectivity index (χ3v) is 3.19. The minimum atomic E-state index is -4.50. The number of aromatic hydroxyl groups is 1. The number of rotatable bonds is 5. The van der Waals surface area contributed by atoms with E-state index in [0.29, 0.717) is 12.2 Å². The number of phenolic OH excluding ortho intramolecular Hbond substituents is 1. The number of benzene rings is 2. The van der Waals surface area contributed by atoms with E-state index in [-0.39, 0.29) is 17.1 Å². The molecule has 0 aliphatic heterocycles. The summed E-state index contributed by atoms with van der Waals surface area (Å²) in [5, 5.41) is 9.61. The predicted molar refractivity (Wildman–Crippen MR) is 84.1 cm³/mol. The number of carbonyl (C=O) groups is 1. The van der Waals surface area contributed by atoms with Crippen LogP contribution in [0, 0.1) is 0 Å². The van der Waals surface area contributed by atoms with Crippen LogP contribution in [-0.2, 0) is 6.18 Å². The second kappa shape index (κ2) is 7.21. The van der Waals surface area contributed by atoms with E-state index in [1.165, 1.54) is 36.4 Å². The van der Waals surface area contributed by atoms with Crippen molar-refractivity contribution in [1.82, 2.24) is 0 Å². The van der Waals surface area contributed by atoms with Gasteiger partial charge in [0.25, 0.3) is 0 Å². The Morgan fingerprint density at radius 3 is 2.62 bits per heavy atom. The monoisotopic (exact) mass is 336 g/mol. The lowest BCUT2D eigenvalue weighted by Crippen LogP contribution is -2.06. The molecule has 0 saturated heterocycles. The van der Waals surface area contributed by atoms with Crippen LogP contribution >= 0.6 is 0 Å². The van der Waals surface area contributed by atoms with Crippen molar-refractivity contribution in [3.63, 3.8) is 0 Å². The summed E-state index contributed by atoms with van der Waals surface area (Å²) in [5.41, 5.74) is -0.341. The minimum absolute atomic E-state index is 0.0294. The Morgan fingerprint density at radius 2 is 1.96 bits per heavy atom. The van der Waals surface area contributed by atoms with Crippen LogP contribution in [0.2, 0.25) is 0 Å². The van der Waals surface area contributed by atoms with Gasteiger partial charge in [-0.05, 0) is 42.8 Å². The normalized spacial score (nSPS) is 11.7. The van der Waals surface area contributed by atoms with E-state index in [4.69, 9.17) is 4.74 Å². The Bertz CT molecular complexity index is 764. The van der Waals surface area contributed by atoms with Crippen molar-refractivity contribution in [2.75, 3.05) is 6.61 Å². The van der Waals surface area contributed by atoms with Gasteiger partial charge in [0.1, 0.15) is 0 Å². The number of carbonyl (C=O) groups excluding carboxylic acids is 1. The van der Waals surface area contributed by atoms with Gasteiger partial charge in [-0.1, -0.05) is 24.3 Å². The highest BCUT2D eigenvalue weighted by Gasteiger charge is 2.30. The Hall–Kier alpha value is -2.76. The molecule has 0 fully saturated rings. The van der Waals surface area contributed by atoms with Crippen molar-refractivity contribution in [2.45, 2.75) is 13.1 Å². The lowest BCUT2D eigenvalue weighted by molar-refractivity contribution is -0.137. The Morgan fingerprint density at radius 1 is 1.21 bits per heavy atom. The summed E-state index contributed by atoms with van der Waals surface area (Å²) < 4.78 is 43.2. The van der Waals surface area contributed by atoms with Crippen LogP contribution in [0.15, 0.2) is 48.5 Å². The highest BCUT2D eigenvalue weighted by molar-refractivity contribution is 6.06. The number of ether oxygens (including phenoxy) is 1. The molecule has 24 heavy (non-hydrogen) atoms. The smallest absolute Gasteiger partial charge is 0.416 e. The van der Waals surface area contributed by atoms with Gasteiger partial charge in [0.2, 0.25) is 0 Å². The molecule has 0 radical (unpaired) electrons. The summed E-state index contributed by atoms with van der Waals surface area (Å²) in [6.07, 6.45) is -1.87. The lowest BCUT2D eigenvalue weighted by Gasteiger charge is -2.07. The first-order valence-corrected chi connectivity index (χ1v) is 7.16. The third-order valence-electron chi connectivity index (χ3n) is 3.19. The zero-order chi connectivity index (χ0) is 17.7. The highest BCUT2D eigenvalue weighted by Crippen LogP contribution is 2.30. The predicted octanol–water partition coefficient (Wildman–Crippen LogP) is 4.71. The molecule has 0 atom stereocenters. The number of allylic oxidation sites excluding steroid dienone is 1. The average molecular weight is 336 g/mol. The molecule has 0 bridgehead atoms. The molecule has 1 N–H and O–H groups in total. The number of hydrogen-bond donors (Lipinski definition) is 1. The van der Waals surface area contributed by atoms with Gasteiger partial charge in [-0.25, -0.2) is 0 Å².